The second kappa shape index (κ2) is 12.2. The van der Waals surface area contributed by atoms with Crippen molar-refractivity contribution in [3.05, 3.63) is 60.2 Å². The Kier molecular flexibility index (Phi) is 8.26. The van der Waals surface area contributed by atoms with Crippen molar-refractivity contribution >= 4 is 27.6 Å². The maximum Gasteiger partial charge on any atom is 0.251 e. The molecule has 0 saturated carbocycles. The van der Waals surface area contributed by atoms with E-state index in [0.29, 0.717) is 24.1 Å². The van der Waals surface area contributed by atoms with Crippen LogP contribution in [0.25, 0.3) is 32.9 Å². The van der Waals surface area contributed by atoms with Crippen molar-refractivity contribution in [2.75, 3.05) is 32.8 Å². The summed E-state index contributed by atoms with van der Waals surface area (Å²) < 4.78 is 14.4. The lowest BCUT2D eigenvalue weighted by Gasteiger charge is -2.23. The Labute approximate surface area is 242 Å². The molecule has 0 radical (unpaired) electrons. The molecule has 0 aliphatic carbocycles. The van der Waals surface area contributed by atoms with Crippen molar-refractivity contribution in [2.45, 2.75) is 65.1 Å². The topological polar surface area (TPSA) is 68.6 Å². The molecule has 2 fully saturated rings. The van der Waals surface area contributed by atoms with Gasteiger partial charge in [0.2, 0.25) is 0 Å². The zero-order valence-electron chi connectivity index (χ0n) is 24.6. The summed E-state index contributed by atoms with van der Waals surface area (Å²) in [6, 6.07) is 19.2. The first kappa shape index (κ1) is 27.7. The normalized spacial score (nSPS) is 19.8. The summed E-state index contributed by atoms with van der Waals surface area (Å²) in [5, 5.41) is 11.4. The lowest BCUT2D eigenvalue weighted by molar-refractivity contribution is -0.0365. The molecule has 7 nitrogen and oxygen atoms in total. The molecular weight excluding hydrogens is 512 g/mol. The summed E-state index contributed by atoms with van der Waals surface area (Å²) in [7, 11) is 0. The van der Waals surface area contributed by atoms with Gasteiger partial charge in [-0.1, -0.05) is 39.0 Å². The van der Waals surface area contributed by atoms with Crippen LogP contribution in [0.4, 0.5) is 0 Å². The average molecular weight is 555 g/mol. The number of likely N-dealkylation sites (N-methyl/N-ethyl adjacent to an activating group) is 1. The summed E-state index contributed by atoms with van der Waals surface area (Å²) in [6.45, 7) is 10.8. The van der Waals surface area contributed by atoms with Crippen LogP contribution < -0.4 is 10.1 Å². The van der Waals surface area contributed by atoms with Gasteiger partial charge in [-0.25, -0.2) is 4.68 Å². The number of ether oxygens (including phenoxy) is 2. The van der Waals surface area contributed by atoms with E-state index in [1.807, 2.05) is 22.9 Å². The van der Waals surface area contributed by atoms with Crippen molar-refractivity contribution in [3.63, 3.8) is 0 Å². The van der Waals surface area contributed by atoms with Gasteiger partial charge in [-0.2, -0.15) is 5.10 Å². The molecule has 1 aromatic heterocycles. The van der Waals surface area contributed by atoms with Crippen molar-refractivity contribution in [3.8, 4) is 17.0 Å². The molecule has 6 rings (SSSR count). The minimum Gasteiger partial charge on any atom is -0.492 e. The van der Waals surface area contributed by atoms with E-state index in [-0.39, 0.29) is 12.1 Å². The van der Waals surface area contributed by atoms with E-state index in [1.165, 1.54) is 19.4 Å². The van der Waals surface area contributed by atoms with Gasteiger partial charge in [0.15, 0.2) is 6.23 Å². The Morgan fingerprint density at radius 3 is 2.71 bits per heavy atom. The first-order valence-electron chi connectivity index (χ1n) is 15.3. The van der Waals surface area contributed by atoms with E-state index in [2.05, 4.69) is 67.4 Å². The summed E-state index contributed by atoms with van der Waals surface area (Å²) in [4.78, 5) is 15.5. The largest absolute Gasteiger partial charge is 0.492 e. The number of hydrogen-bond acceptors (Lipinski definition) is 5. The molecule has 41 heavy (non-hydrogen) atoms. The lowest BCUT2D eigenvalue weighted by Crippen LogP contribution is -2.33. The van der Waals surface area contributed by atoms with Crippen LogP contribution in [0, 0.1) is 5.92 Å². The van der Waals surface area contributed by atoms with Gasteiger partial charge in [-0.15, -0.1) is 0 Å². The van der Waals surface area contributed by atoms with Crippen molar-refractivity contribution in [1.29, 1.82) is 0 Å². The van der Waals surface area contributed by atoms with Gasteiger partial charge in [0.05, 0.1) is 5.52 Å². The fourth-order valence-corrected chi connectivity index (χ4v) is 6.18. The first-order valence-corrected chi connectivity index (χ1v) is 15.3. The third-order valence-electron chi connectivity index (χ3n) is 8.50. The van der Waals surface area contributed by atoms with Crippen molar-refractivity contribution < 1.29 is 14.3 Å². The predicted molar refractivity (Wildman–Crippen MR) is 164 cm³/mol. The van der Waals surface area contributed by atoms with Crippen LogP contribution in [0.2, 0.25) is 0 Å². The quantitative estimate of drug-likeness (QED) is 0.246. The van der Waals surface area contributed by atoms with Gasteiger partial charge in [0, 0.05) is 35.7 Å². The van der Waals surface area contributed by atoms with Crippen LogP contribution in [-0.4, -0.2) is 59.5 Å². The van der Waals surface area contributed by atoms with Gasteiger partial charge in [0.25, 0.3) is 5.91 Å². The highest BCUT2D eigenvalue weighted by Gasteiger charge is 2.24. The van der Waals surface area contributed by atoms with Crippen LogP contribution in [0.1, 0.15) is 69.5 Å². The highest BCUT2D eigenvalue weighted by Crippen LogP contribution is 2.35. The number of hydrogen-bond donors (Lipinski definition) is 1. The molecule has 2 atom stereocenters. The third kappa shape index (κ3) is 5.97. The molecule has 2 aliphatic heterocycles. The van der Waals surface area contributed by atoms with E-state index in [4.69, 9.17) is 14.6 Å². The molecule has 2 aliphatic rings. The maximum absolute atomic E-state index is 13.0. The molecule has 0 bridgehead atoms. The molecule has 2 saturated heterocycles. The highest BCUT2D eigenvalue weighted by atomic mass is 16.5. The van der Waals surface area contributed by atoms with E-state index in [0.717, 1.165) is 77.7 Å². The number of carbonyl (C=O) groups excluding carboxylic acids is 1. The number of nitrogens with zero attached hydrogens (tertiary/aromatic N) is 3. The average Bonchev–Trinajstić information content (AvgIpc) is 3.63. The molecule has 0 spiro atoms. The first-order chi connectivity index (χ1) is 20.0. The predicted octanol–water partition coefficient (Wildman–Crippen LogP) is 6.80. The summed E-state index contributed by atoms with van der Waals surface area (Å²) >= 11 is 0. The Morgan fingerprint density at radius 1 is 1.05 bits per heavy atom. The fourth-order valence-electron chi connectivity index (χ4n) is 6.18. The minimum atomic E-state index is -0.0933. The summed E-state index contributed by atoms with van der Waals surface area (Å²) in [5.74, 6) is 1.25. The smallest absolute Gasteiger partial charge is 0.251 e. The van der Waals surface area contributed by atoms with Gasteiger partial charge in [0.1, 0.15) is 18.1 Å². The Bertz CT molecular complexity index is 1520. The molecule has 1 amide bonds. The number of fused-ring (bicyclic) bond motifs is 2. The number of benzene rings is 3. The zero-order valence-corrected chi connectivity index (χ0v) is 24.6. The van der Waals surface area contributed by atoms with Gasteiger partial charge in [-0.05, 0) is 98.3 Å². The molecule has 3 heterocycles. The second-order valence-electron chi connectivity index (χ2n) is 11.9. The SMILES string of the molecule is CCN1CCCC1COc1ccc2cc(-c3nn([C@@H]4CCCCO4)c4ccc(C(=O)NCC(C)C)cc34)ccc2c1. The van der Waals surface area contributed by atoms with Gasteiger partial charge < -0.3 is 14.8 Å². The van der Waals surface area contributed by atoms with Crippen molar-refractivity contribution in [1.82, 2.24) is 20.0 Å². The molecule has 216 valence electrons. The number of amides is 1. The number of aromatic nitrogens is 2. The monoisotopic (exact) mass is 554 g/mol. The van der Waals surface area contributed by atoms with Gasteiger partial charge >= 0.3 is 0 Å². The van der Waals surface area contributed by atoms with Crippen LogP contribution in [-0.2, 0) is 4.74 Å². The van der Waals surface area contributed by atoms with Crippen LogP contribution in [0.5, 0.6) is 5.75 Å². The van der Waals surface area contributed by atoms with E-state index >= 15 is 0 Å². The molecule has 1 N–H and O–H groups in total. The van der Waals surface area contributed by atoms with Crippen molar-refractivity contribution in [2.24, 2.45) is 5.92 Å². The Hall–Kier alpha value is -3.42. The zero-order chi connectivity index (χ0) is 28.3. The summed E-state index contributed by atoms with van der Waals surface area (Å²) in [5.41, 5.74) is 3.53. The third-order valence-corrected chi connectivity index (χ3v) is 8.50. The van der Waals surface area contributed by atoms with Crippen LogP contribution >= 0.6 is 0 Å². The fraction of sp³-hybridized carbons (Fsp3) is 0.471. The summed E-state index contributed by atoms with van der Waals surface area (Å²) in [6.07, 6.45) is 5.50. The van der Waals surface area contributed by atoms with E-state index in [1.54, 1.807) is 0 Å². The molecule has 4 aromatic rings. The molecule has 7 heteroatoms. The Balaban J connectivity index is 1.31. The number of likely N-dealkylation sites (tertiary alicyclic amines) is 1. The second-order valence-corrected chi connectivity index (χ2v) is 11.9. The number of nitrogens with one attached hydrogen (secondary N) is 1. The van der Waals surface area contributed by atoms with Gasteiger partial charge in [-0.3, -0.25) is 9.69 Å². The van der Waals surface area contributed by atoms with Crippen LogP contribution in [0.3, 0.4) is 0 Å². The molecular formula is C34H42N4O3. The molecule has 3 aromatic carbocycles. The van der Waals surface area contributed by atoms with E-state index < -0.39 is 0 Å². The molecule has 1 unspecified atom stereocenters. The Morgan fingerprint density at radius 2 is 1.90 bits per heavy atom. The highest BCUT2D eigenvalue weighted by molar-refractivity contribution is 6.02. The van der Waals surface area contributed by atoms with Crippen LogP contribution in [0.15, 0.2) is 54.6 Å². The number of carbonyl (C=O) groups is 1. The lowest BCUT2D eigenvalue weighted by atomic mass is 10.0. The number of rotatable bonds is 9. The van der Waals surface area contributed by atoms with E-state index in [9.17, 15) is 4.79 Å². The standard InChI is InChI=1S/C34H42N4O3/c1-4-37-16-7-8-28(37)22-41-29-14-12-24-18-26(11-10-25(24)19-29)33-30-20-27(34(39)35-21-23(2)3)13-15-31(30)38(36-33)32-9-5-6-17-40-32/h10-15,18-20,23,28,32H,4-9,16-17,21-22H2,1-3H3,(H,35,39)/t28?,32-/m0/s1. The maximum atomic E-state index is 13.0. The minimum absolute atomic E-state index is 0.0566.